The van der Waals surface area contributed by atoms with E-state index in [2.05, 4.69) is 22.2 Å². The Bertz CT molecular complexity index is 303. The summed E-state index contributed by atoms with van der Waals surface area (Å²) in [6.45, 7) is 2.09. The van der Waals surface area contributed by atoms with Crippen LogP contribution in [-0.2, 0) is 39.1 Å². The molecule has 0 saturated heterocycles. The summed E-state index contributed by atoms with van der Waals surface area (Å²) in [7, 11) is 2.65. The van der Waals surface area contributed by atoms with Crippen molar-refractivity contribution in [2.75, 3.05) is 0 Å². The van der Waals surface area contributed by atoms with Crippen LogP contribution in [0.2, 0.25) is 0 Å². The number of hydrogen-bond acceptors (Lipinski definition) is 1. The monoisotopic (exact) mass is 296 g/mol. The number of hydrogen-bond donors (Lipinski definition) is 1. The summed E-state index contributed by atoms with van der Waals surface area (Å²) in [5.74, 6) is 0.385. The minimum Gasteiger partial charge on any atom is -0.508 e. The van der Waals surface area contributed by atoms with E-state index in [9.17, 15) is 5.11 Å². The van der Waals surface area contributed by atoms with Gasteiger partial charge in [0.1, 0.15) is 5.75 Å². The fourth-order valence-electron chi connectivity index (χ4n) is 1.31. The third-order valence-corrected chi connectivity index (χ3v) is 2.60. The van der Waals surface area contributed by atoms with Crippen LogP contribution in [0.3, 0.4) is 0 Å². The SMILES string of the molecule is CCC=[C-]CCc1c(O)cccc1P.[Y]. The Morgan fingerprint density at radius 3 is 2.80 bits per heavy atom. The van der Waals surface area contributed by atoms with Gasteiger partial charge in [-0.1, -0.05) is 31.9 Å². The first-order valence-corrected chi connectivity index (χ1v) is 5.44. The first-order valence-electron chi connectivity index (χ1n) is 4.87. The van der Waals surface area contributed by atoms with Crippen LogP contribution in [-0.4, -0.2) is 5.11 Å². The molecule has 1 aromatic rings. The normalized spacial score (nSPS) is 10.3. The van der Waals surface area contributed by atoms with Crippen molar-refractivity contribution in [3.63, 3.8) is 0 Å². The van der Waals surface area contributed by atoms with Gasteiger partial charge in [-0.2, -0.15) is 6.42 Å². The van der Waals surface area contributed by atoms with Crippen molar-refractivity contribution in [3.8, 4) is 5.75 Å². The first kappa shape index (κ1) is 15.3. The van der Waals surface area contributed by atoms with Crippen LogP contribution in [0.4, 0.5) is 0 Å². The second-order valence-electron chi connectivity index (χ2n) is 3.16. The molecular formula is C12H16OPY-. The Kier molecular flexibility index (Phi) is 8.61. The van der Waals surface area contributed by atoms with Gasteiger partial charge in [-0.3, -0.25) is 6.08 Å². The number of phenolic OH excluding ortho intramolecular Hbond substituents is 1. The molecule has 0 aliphatic carbocycles. The molecule has 0 bridgehead atoms. The van der Waals surface area contributed by atoms with Crippen LogP contribution in [0, 0.1) is 6.08 Å². The average Bonchev–Trinajstić information content (AvgIpc) is 2.16. The fourth-order valence-corrected chi connectivity index (χ4v) is 1.71. The predicted molar refractivity (Wildman–Crippen MR) is 63.9 cm³/mol. The number of allylic oxidation sites excluding steroid dienone is 2. The van der Waals surface area contributed by atoms with Gasteiger partial charge in [-0.15, -0.1) is 9.24 Å². The van der Waals surface area contributed by atoms with Crippen LogP contribution in [0.5, 0.6) is 5.75 Å². The van der Waals surface area contributed by atoms with Crippen molar-refractivity contribution < 1.29 is 37.8 Å². The number of aromatic hydroxyl groups is 1. The van der Waals surface area contributed by atoms with Gasteiger partial charge in [0.05, 0.1) is 0 Å². The van der Waals surface area contributed by atoms with Gasteiger partial charge < -0.3 is 11.2 Å². The first-order chi connectivity index (χ1) is 6.75. The zero-order valence-electron chi connectivity index (χ0n) is 9.03. The number of phenols is 1. The smallest absolute Gasteiger partial charge is 0.119 e. The summed E-state index contributed by atoms with van der Waals surface area (Å²) in [6, 6.07) is 5.57. The Labute approximate surface area is 119 Å². The predicted octanol–water partition coefficient (Wildman–Crippen LogP) is 2.59. The van der Waals surface area contributed by atoms with E-state index in [0.717, 1.165) is 30.1 Å². The van der Waals surface area contributed by atoms with Crippen LogP contribution in [0.25, 0.3) is 0 Å². The van der Waals surface area contributed by atoms with Gasteiger partial charge in [0.15, 0.2) is 0 Å². The maximum absolute atomic E-state index is 9.60. The molecular weight excluding hydrogens is 280 g/mol. The maximum Gasteiger partial charge on any atom is 0.119 e. The van der Waals surface area contributed by atoms with Gasteiger partial charge in [0.2, 0.25) is 0 Å². The van der Waals surface area contributed by atoms with E-state index in [1.165, 1.54) is 0 Å². The van der Waals surface area contributed by atoms with E-state index in [-0.39, 0.29) is 32.7 Å². The van der Waals surface area contributed by atoms with Crippen LogP contribution < -0.4 is 5.30 Å². The van der Waals surface area contributed by atoms with Crippen molar-refractivity contribution >= 4 is 14.5 Å². The Morgan fingerprint density at radius 1 is 1.47 bits per heavy atom. The van der Waals surface area contributed by atoms with Gasteiger partial charge in [-0.05, 0) is 16.9 Å². The van der Waals surface area contributed by atoms with Gasteiger partial charge in [0.25, 0.3) is 0 Å². The molecule has 79 valence electrons. The minimum atomic E-state index is 0. The molecule has 0 aliphatic heterocycles. The third kappa shape index (κ3) is 5.25. The molecule has 1 radical (unpaired) electrons. The molecule has 0 saturated carbocycles. The van der Waals surface area contributed by atoms with Crippen molar-refractivity contribution in [1.82, 2.24) is 0 Å². The van der Waals surface area contributed by atoms with Crippen LogP contribution >= 0.6 is 9.24 Å². The zero-order chi connectivity index (χ0) is 10.4. The summed E-state index contributed by atoms with van der Waals surface area (Å²) in [6.07, 6.45) is 7.96. The molecule has 1 atom stereocenters. The Morgan fingerprint density at radius 2 is 2.20 bits per heavy atom. The molecule has 0 spiro atoms. The van der Waals surface area contributed by atoms with Crippen molar-refractivity contribution in [3.05, 3.63) is 35.9 Å². The molecule has 1 N–H and O–H groups in total. The summed E-state index contributed by atoms with van der Waals surface area (Å²) in [5.41, 5.74) is 1.01. The molecule has 0 amide bonds. The van der Waals surface area contributed by atoms with Gasteiger partial charge in [-0.25, -0.2) is 0 Å². The molecule has 1 aromatic carbocycles. The molecule has 1 rings (SSSR count). The Balaban J connectivity index is 0.00000196. The standard InChI is InChI=1S/C12H16OP.Y/c1-2-3-4-5-7-10-11(13)8-6-9-12(10)14;/h3,6,8-9,13H,2,5,7,14H2,1H3;/q-1;. The summed E-state index contributed by atoms with van der Waals surface area (Å²) >= 11 is 0. The van der Waals surface area contributed by atoms with E-state index in [0.29, 0.717) is 5.75 Å². The summed E-state index contributed by atoms with van der Waals surface area (Å²) in [5, 5.41) is 10.7. The molecule has 1 unspecified atom stereocenters. The van der Waals surface area contributed by atoms with Crippen LogP contribution in [0.1, 0.15) is 25.3 Å². The van der Waals surface area contributed by atoms with E-state index in [1.807, 2.05) is 18.2 Å². The van der Waals surface area contributed by atoms with E-state index < -0.39 is 0 Å². The molecule has 0 aromatic heterocycles. The van der Waals surface area contributed by atoms with Crippen molar-refractivity contribution in [1.29, 1.82) is 0 Å². The molecule has 0 aliphatic rings. The number of rotatable bonds is 4. The molecule has 0 heterocycles. The van der Waals surface area contributed by atoms with Crippen molar-refractivity contribution in [2.24, 2.45) is 0 Å². The minimum absolute atomic E-state index is 0. The fraction of sp³-hybridized carbons (Fsp3) is 0.333. The van der Waals surface area contributed by atoms with Gasteiger partial charge in [0, 0.05) is 32.7 Å². The topological polar surface area (TPSA) is 20.2 Å². The van der Waals surface area contributed by atoms with E-state index >= 15 is 0 Å². The van der Waals surface area contributed by atoms with Crippen LogP contribution in [0.15, 0.2) is 24.3 Å². The average molecular weight is 296 g/mol. The second-order valence-corrected chi connectivity index (χ2v) is 3.78. The number of benzene rings is 1. The third-order valence-electron chi connectivity index (χ3n) is 2.06. The molecule has 0 fully saturated rings. The van der Waals surface area contributed by atoms with Gasteiger partial charge >= 0.3 is 0 Å². The summed E-state index contributed by atoms with van der Waals surface area (Å²) < 4.78 is 0. The second kappa shape index (κ2) is 8.45. The van der Waals surface area contributed by atoms with E-state index in [1.54, 1.807) is 6.07 Å². The zero-order valence-corrected chi connectivity index (χ0v) is 13.0. The quantitative estimate of drug-likeness (QED) is 0.669. The summed E-state index contributed by atoms with van der Waals surface area (Å²) in [4.78, 5) is 0. The molecule has 3 heteroatoms. The molecule has 15 heavy (non-hydrogen) atoms. The molecule has 1 nitrogen and oxygen atoms in total. The van der Waals surface area contributed by atoms with Crippen molar-refractivity contribution in [2.45, 2.75) is 26.2 Å². The largest absolute Gasteiger partial charge is 0.508 e. The maximum atomic E-state index is 9.60. The Hall–Kier alpha value is 0.294. The van der Waals surface area contributed by atoms with E-state index in [4.69, 9.17) is 0 Å².